The topological polar surface area (TPSA) is 41.1 Å². The molecule has 4 heteroatoms. The Labute approximate surface area is 133 Å². The molecule has 0 aliphatic rings. The zero-order valence-corrected chi connectivity index (χ0v) is 13.8. The van der Waals surface area contributed by atoms with E-state index in [1.54, 1.807) is 0 Å². The molecule has 0 fully saturated rings. The summed E-state index contributed by atoms with van der Waals surface area (Å²) in [5.74, 6) is -0.000272. The van der Waals surface area contributed by atoms with Crippen LogP contribution in [0.5, 0.6) is 0 Å². The van der Waals surface area contributed by atoms with Crippen LogP contribution in [0.2, 0.25) is 0 Å². The fraction of sp³-hybridized carbons (Fsp3) is 0.235. The predicted octanol–water partition coefficient (Wildman–Crippen LogP) is 4.51. The summed E-state index contributed by atoms with van der Waals surface area (Å²) in [5, 5.41) is 6.21. The zero-order chi connectivity index (χ0) is 15.2. The number of benzene rings is 2. The van der Waals surface area contributed by atoms with Crippen LogP contribution in [-0.4, -0.2) is 12.5 Å². The van der Waals surface area contributed by atoms with Crippen molar-refractivity contribution in [3.8, 4) is 0 Å². The number of aryl methyl sites for hydroxylation is 1. The Morgan fingerprint density at radius 3 is 2.52 bits per heavy atom. The molecular formula is C17H19BrN2O. The molecule has 0 spiro atoms. The standard InChI is InChI=1S/C17H19BrN2O/c1-12-6-5-9-15(13(12)2)19-11-10-17(21)20-16-8-4-3-7-14(16)18/h3-9,19H,10-11H2,1-2H3,(H,20,21). The van der Waals surface area contributed by atoms with Gasteiger partial charge in [0.15, 0.2) is 0 Å². The average Bonchev–Trinajstić information content (AvgIpc) is 2.46. The van der Waals surface area contributed by atoms with Crippen molar-refractivity contribution < 1.29 is 4.79 Å². The van der Waals surface area contributed by atoms with Crippen LogP contribution >= 0.6 is 15.9 Å². The molecule has 0 saturated carbocycles. The number of carbonyl (C=O) groups excluding carboxylic acids is 1. The summed E-state index contributed by atoms with van der Waals surface area (Å²) in [6.45, 7) is 4.78. The van der Waals surface area contributed by atoms with Crippen molar-refractivity contribution in [1.29, 1.82) is 0 Å². The molecule has 0 bridgehead atoms. The van der Waals surface area contributed by atoms with Crippen molar-refractivity contribution in [1.82, 2.24) is 0 Å². The molecule has 2 N–H and O–H groups in total. The monoisotopic (exact) mass is 346 g/mol. The number of rotatable bonds is 5. The first-order chi connectivity index (χ1) is 10.1. The largest absolute Gasteiger partial charge is 0.384 e. The van der Waals surface area contributed by atoms with Gasteiger partial charge < -0.3 is 10.6 Å². The van der Waals surface area contributed by atoms with E-state index >= 15 is 0 Å². The first kappa shape index (κ1) is 15.6. The van der Waals surface area contributed by atoms with E-state index in [9.17, 15) is 4.79 Å². The van der Waals surface area contributed by atoms with Gasteiger partial charge in [0.2, 0.25) is 5.91 Å². The van der Waals surface area contributed by atoms with Crippen molar-refractivity contribution in [2.75, 3.05) is 17.2 Å². The Morgan fingerprint density at radius 2 is 1.76 bits per heavy atom. The lowest BCUT2D eigenvalue weighted by Crippen LogP contribution is -2.16. The van der Waals surface area contributed by atoms with E-state index in [1.165, 1.54) is 11.1 Å². The van der Waals surface area contributed by atoms with E-state index in [0.717, 1.165) is 15.8 Å². The van der Waals surface area contributed by atoms with Gasteiger partial charge >= 0.3 is 0 Å². The molecule has 3 nitrogen and oxygen atoms in total. The minimum Gasteiger partial charge on any atom is -0.384 e. The third kappa shape index (κ3) is 4.33. The van der Waals surface area contributed by atoms with Crippen LogP contribution in [0.3, 0.4) is 0 Å². The lowest BCUT2D eigenvalue weighted by molar-refractivity contribution is -0.115. The second-order valence-electron chi connectivity index (χ2n) is 4.95. The van der Waals surface area contributed by atoms with Crippen LogP contribution in [0, 0.1) is 13.8 Å². The second-order valence-corrected chi connectivity index (χ2v) is 5.81. The van der Waals surface area contributed by atoms with E-state index in [-0.39, 0.29) is 5.91 Å². The van der Waals surface area contributed by atoms with E-state index < -0.39 is 0 Å². The van der Waals surface area contributed by atoms with Crippen LogP contribution in [0.25, 0.3) is 0 Å². The minimum atomic E-state index is -0.000272. The molecular weight excluding hydrogens is 328 g/mol. The van der Waals surface area contributed by atoms with Crippen LogP contribution < -0.4 is 10.6 Å². The summed E-state index contributed by atoms with van der Waals surface area (Å²) in [6, 6.07) is 13.7. The summed E-state index contributed by atoms with van der Waals surface area (Å²) < 4.78 is 0.890. The number of nitrogens with one attached hydrogen (secondary N) is 2. The van der Waals surface area contributed by atoms with E-state index in [1.807, 2.05) is 36.4 Å². The van der Waals surface area contributed by atoms with Crippen LogP contribution in [0.15, 0.2) is 46.9 Å². The normalized spacial score (nSPS) is 10.2. The molecule has 0 atom stereocenters. The Kier molecular flexibility index (Phi) is 5.39. The number of anilines is 2. The first-order valence-electron chi connectivity index (χ1n) is 6.92. The van der Waals surface area contributed by atoms with Crippen molar-refractivity contribution >= 4 is 33.2 Å². The average molecular weight is 347 g/mol. The third-order valence-electron chi connectivity index (χ3n) is 3.42. The summed E-state index contributed by atoms with van der Waals surface area (Å²) in [6.07, 6.45) is 0.425. The number of carbonyl (C=O) groups is 1. The van der Waals surface area contributed by atoms with Crippen molar-refractivity contribution in [3.63, 3.8) is 0 Å². The summed E-state index contributed by atoms with van der Waals surface area (Å²) in [5.41, 5.74) is 4.36. The van der Waals surface area contributed by atoms with Gasteiger partial charge in [0.05, 0.1) is 5.69 Å². The smallest absolute Gasteiger partial charge is 0.226 e. The zero-order valence-electron chi connectivity index (χ0n) is 12.2. The van der Waals surface area contributed by atoms with Crippen LogP contribution in [-0.2, 0) is 4.79 Å². The molecule has 110 valence electrons. The van der Waals surface area contributed by atoms with Gasteiger partial charge in [0, 0.05) is 23.1 Å². The van der Waals surface area contributed by atoms with Gasteiger partial charge in [-0.3, -0.25) is 4.79 Å². The predicted molar refractivity (Wildman–Crippen MR) is 91.8 cm³/mol. The molecule has 0 aliphatic heterocycles. The highest BCUT2D eigenvalue weighted by atomic mass is 79.9. The van der Waals surface area contributed by atoms with E-state index in [4.69, 9.17) is 0 Å². The highest BCUT2D eigenvalue weighted by molar-refractivity contribution is 9.10. The van der Waals surface area contributed by atoms with Gasteiger partial charge in [0.1, 0.15) is 0 Å². The molecule has 0 aliphatic carbocycles. The molecule has 2 aromatic rings. The molecule has 1 amide bonds. The Morgan fingerprint density at radius 1 is 1.05 bits per heavy atom. The quantitative estimate of drug-likeness (QED) is 0.836. The van der Waals surface area contributed by atoms with E-state index in [2.05, 4.69) is 46.5 Å². The van der Waals surface area contributed by atoms with Crippen molar-refractivity contribution in [2.45, 2.75) is 20.3 Å². The SMILES string of the molecule is Cc1cccc(NCCC(=O)Nc2ccccc2Br)c1C. The van der Waals surface area contributed by atoms with Crippen molar-refractivity contribution in [3.05, 3.63) is 58.1 Å². The first-order valence-corrected chi connectivity index (χ1v) is 7.71. The molecule has 0 saturated heterocycles. The highest BCUT2D eigenvalue weighted by Gasteiger charge is 2.05. The lowest BCUT2D eigenvalue weighted by atomic mass is 10.1. The van der Waals surface area contributed by atoms with E-state index in [0.29, 0.717) is 13.0 Å². The molecule has 2 rings (SSSR count). The molecule has 0 unspecified atom stereocenters. The van der Waals surface area contributed by atoms with Crippen LogP contribution in [0.4, 0.5) is 11.4 Å². The molecule has 2 aromatic carbocycles. The maximum Gasteiger partial charge on any atom is 0.226 e. The molecule has 0 heterocycles. The van der Waals surface area contributed by atoms with Gasteiger partial charge in [-0.1, -0.05) is 24.3 Å². The van der Waals surface area contributed by atoms with Gasteiger partial charge in [-0.05, 0) is 59.1 Å². The number of amides is 1. The Bertz CT molecular complexity index is 640. The number of para-hydroxylation sites is 1. The lowest BCUT2D eigenvalue weighted by Gasteiger charge is -2.12. The fourth-order valence-corrected chi connectivity index (χ4v) is 2.41. The van der Waals surface area contributed by atoms with Gasteiger partial charge in [0.25, 0.3) is 0 Å². The second kappa shape index (κ2) is 7.27. The van der Waals surface area contributed by atoms with Gasteiger partial charge in [-0.15, -0.1) is 0 Å². The minimum absolute atomic E-state index is 0.000272. The third-order valence-corrected chi connectivity index (χ3v) is 4.11. The number of hydrogen-bond donors (Lipinski definition) is 2. The molecule has 0 aromatic heterocycles. The maximum atomic E-state index is 11.9. The maximum absolute atomic E-state index is 11.9. The van der Waals surface area contributed by atoms with Gasteiger partial charge in [-0.2, -0.15) is 0 Å². The molecule has 0 radical (unpaired) electrons. The Hall–Kier alpha value is -1.81. The fourth-order valence-electron chi connectivity index (χ4n) is 2.03. The summed E-state index contributed by atoms with van der Waals surface area (Å²) in [7, 11) is 0. The number of halogens is 1. The number of hydrogen-bond acceptors (Lipinski definition) is 2. The van der Waals surface area contributed by atoms with Crippen LogP contribution in [0.1, 0.15) is 17.5 Å². The van der Waals surface area contributed by atoms with Gasteiger partial charge in [-0.25, -0.2) is 0 Å². The molecule has 21 heavy (non-hydrogen) atoms. The Balaban J connectivity index is 1.85. The highest BCUT2D eigenvalue weighted by Crippen LogP contribution is 2.21. The van der Waals surface area contributed by atoms with Crippen molar-refractivity contribution in [2.24, 2.45) is 0 Å². The summed E-state index contributed by atoms with van der Waals surface area (Å²) in [4.78, 5) is 11.9. The summed E-state index contributed by atoms with van der Waals surface area (Å²) >= 11 is 3.42.